The number of para-hydroxylation sites is 1. The maximum atomic E-state index is 13.7. The van der Waals surface area contributed by atoms with Gasteiger partial charge in [-0.2, -0.15) is 0 Å². The van der Waals surface area contributed by atoms with Gasteiger partial charge in [-0.3, -0.25) is 0 Å². The second-order valence-corrected chi connectivity index (χ2v) is 15.0. The number of esters is 1. The summed E-state index contributed by atoms with van der Waals surface area (Å²) < 4.78 is 61.1. The maximum absolute atomic E-state index is 13.7. The number of terminal acetylenes is 1. The Morgan fingerprint density at radius 3 is 2.07 bits per heavy atom. The summed E-state index contributed by atoms with van der Waals surface area (Å²) in [4.78, 5) is 38.9. The number of methoxy groups -OCH3 is 1. The molecule has 2 aliphatic rings. The third-order valence-corrected chi connectivity index (χ3v) is 10.9. The van der Waals surface area contributed by atoms with E-state index < -0.39 is 93.3 Å². The fraction of sp³-hybridized carbons (Fsp3) is 0.425. The molecular formula is C40H45NO13Se. The molecule has 1 amide bonds. The molecule has 55 heavy (non-hydrogen) atoms. The summed E-state index contributed by atoms with van der Waals surface area (Å²) in [6, 6.07) is 28.0. The van der Waals surface area contributed by atoms with E-state index in [-0.39, 0.29) is 20.0 Å². The summed E-state index contributed by atoms with van der Waals surface area (Å²) in [6.45, 7) is 4.23. The predicted octanol–water partition coefficient (Wildman–Crippen LogP) is 4.17. The van der Waals surface area contributed by atoms with Crippen molar-refractivity contribution in [1.29, 1.82) is 0 Å². The van der Waals surface area contributed by atoms with Gasteiger partial charge in [-0.05, 0) is 0 Å². The van der Waals surface area contributed by atoms with Crippen LogP contribution in [0.1, 0.15) is 26.3 Å². The number of carbonyl (C=O) groups is 3. The molecule has 2 aliphatic heterocycles. The fourth-order valence-corrected chi connectivity index (χ4v) is 8.50. The van der Waals surface area contributed by atoms with E-state index in [4.69, 9.17) is 53.8 Å². The van der Waals surface area contributed by atoms with E-state index in [1.165, 1.54) is 14.0 Å². The Hall–Kier alpha value is -4.49. The van der Waals surface area contributed by atoms with Gasteiger partial charge in [-0.15, -0.1) is 0 Å². The molecule has 5 rings (SSSR count). The second-order valence-electron chi connectivity index (χ2n) is 12.5. The summed E-state index contributed by atoms with van der Waals surface area (Å²) in [5.41, 5.74) is 1.38. The van der Waals surface area contributed by atoms with E-state index in [2.05, 4.69) is 11.2 Å². The van der Waals surface area contributed by atoms with Gasteiger partial charge in [0.05, 0.1) is 0 Å². The number of ether oxygens (including phenoxy) is 10. The monoisotopic (exact) mass is 827 g/mol. The van der Waals surface area contributed by atoms with Gasteiger partial charge in [0.1, 0.15) is 0 Å². The van der Waals surface area contributed by atoms with Crippen molar-refractivity contribution in [3.05, 3.63) is 96.6 Å². The first kappa shape index (κ1) is 41.7. The van der Waals surface area contributed by atoms with Crippen molar-refractivity contribution in [3.8, 4) is 12.3 Å². The number of hydrogen-bond donors (Lipinski definition) is 1. The molecule has 0 saturated carbocycles. The van der Waals surface area contributed by atoms with Gasteiger partial charge in [-0.1, -0.05) is 0 Å². The van der Waals surface area contributed by atoms with E-state index in [0.29, 0.717) is 5.69 Å². The average Bonchev–Trinajstić information content (AvgIpc) is 3.17. The van der Waals surface area contributed by atoms with E-state index in [1.807, 2.05) is 73.7 Å². The molecule has 3 aromatic carbocycles. The molecule has 2 heterocycles. The number of rotatable bonds is 15. The van der Waals surface area contributed by atoms with E-state index >= 15 is 0 Å². The standard InChI is InChI=1S/C40H45NO13Se/c1-6-22-46-40(44)54-35-33(48-24-45-5)32(51-27(4)42)26(3)49-37(35)52-34-31(47-23-28-16-10-7-11-17-28)25(2)50-38(55-30-20-14-9-15-21-30)36(34)53-39(43)41-29-18-12-8-13-19-29/h1,7-21,25-26,31-38H,22-24H2,2-5H3,(H,41,43)/t25-,26-,31-,32+,33+,34+,35-,36-,37+,38+/m1/s1. The Labute approximate surface area is 326 Å². The van der Waals surface area contributed by atoms with Crippen LogP contribution in [0.2, 0.25) is 0 Å². The van der Waals surface area contributed by atoms with Crippen LogP contribution in [-0.2, 0) is 58.8 Å². The SMILES string of the molecule is C#CCOC(=O)O[C@H]1[C@H](O[C@@H]2[C@@H](OC(=O)Nc3ccccc3)[C@H]([Se]c3ccccc3)O[C@H](C)[C@H]2OCc2ccccc2)O[C@H](C)[C@H](OC(C)=O)[C@@H]1OCOC. The van der Waals surface area contributed by atoms with Crippen LogP contribution in [0.25, 0.3) is 0 Å². The average molecular weight is 827 g/mol. The first-order valence-corrected chi connectivity index (χ1v) is 19.4. The zero-order chi connectivity index (χ0) is 39.2. The Morgan fingerprint density at radius 1 is 0.764 bits per heavy atom. The molecule has 3 aromatic rings. The van der Waals surface area contributed by atoms with Crippen LogP contribution < -0.4 is 9.78 Å². The molecule has 2 saturated heterocycles. The fourth-order valence-electron chi connectivity index (χ4n) is 6.07. The quantitative estimate of drug-likeness (QED) is 0.0768. The zero-order valence-corrected chi connectivity index (χ0v) is 32.6. The first-order chi connectivity index (χ1) is 26.7. The van der Waals surface area contributed by atoms with Crippen LogP contribution in [0.4, 0.5) is 15.3 Å². The molecule has 10 atom stereocenters. The van der Waals surface area contributed by atoms with Crippen LogP contribution in [-0.4, -0.2) is 114 Å². The molecule has 294 valence electrons. The van der Waals surface area contributed by atoms with Crippen LogP contribution >= 0.6 is 0 Å². The third-order valence-electron chi connectivity index (χ3n) is 8.48. The number of nitrogens with one attached hydrogen (secondary N) is 1. The van der Waals surface area contributed by atoms with Gasteiger partial charge in [0.15, 0.2) is 0 Å². The molecule has 0 spiro atoms. The summed E-state index contributed by atoms with van der Waals surface area (Å²) >= 11 is -0.417. The number of carbonyl (C=O) groups excluding carboxylic acids is 3. The van der Waals surface area contributed by atoms with Crippen LogP contribution in [0.5, 0.6) is 0 Å². The van der Waals surface area contributed by atoms with Crippen molar-refractivity contribution >= 4 is 43.3 Å². The summed E-state index contributed by atoms with van der Waals surface area (Å²) in [5.74, 6) is 1.59. The molecule has 0 radical (unpaired) electrons. The number of amides is 1. The molecule has 1 N–H and O–H groups in total. The molecular weight excluding hydrogens is 781 g/mol. The summed E-state index contributed by atoms with van der Waals surface area (Å²) in [5, 5.41) is 2.08. The van der Waals surface area contributed by atoms with Crippen molar-refractivity contribution < 1.29 is 61.8 Å². The molecule has 0 bridgehead atoms. The van der Waals surface area contributed by atoms with Crippen LogP contribution in [0.3, 0.4) is 0 Å². The summed E-state index contributed by atoms with van der Waals surface area (Å²) in [7, 11) is 1.41. The predicted molar refractivity (Wildman–Crippen MR) is 198 cm³/mol. The van der Waals surface area contributed by atoms with Gasteiger partial charge in [0.2, 0.25) is 0 Å². The van der Waals surface area contributed by atoms with Gasteiger partial charge in [0.25, 0.3) is 0 Å². The van der Waals surface area contributed by atoms with Crippen molar-refractivity contribution in [3.63, 3.8) is 0 Å². The van der Waals surface area contributed by atoms with Gasteiger partial charge in [-0.25, -0.2) is 0 Å². The van der Waals surface area contributed by atoms with E-state index in [1.54, 1.807) is 31.2 Å². The molecule has 15 heteroatoms. The Bertz CT molecular complexity index is 1700. The zero-order valence-electron chi connectivity index (χ0n) is 30.8. The van der Waals surface area contributed by atoms with Gasteiger partial charge >= 0.3 is 327 Å². The first-order valence-electron chi connectivity index (χ1n) is 17.6. The minimum atomic E-state index is -1.43. The van der Waals surface area contributed by atoms with Crippen LogP contribution in [0, 0.1) is 12.3 Å². The molecule has 0 aliphatic carbocycles. The molecule has 2 fully saturated rings. The van der Waals surface area contributed by atoms with E-state index in [0.717, 1.165) is 10.0 Å². The molecule has 0 unspecified atom stereocenters. The third kappa shape index (κ3) is 12.0. The van der Waals surface area contributed by atoms with Crippen molar-refractivity contribution in [2.45, 2.75) is 87.5 Å². The van der Waals surface area contributed by atoms with Crippen molar-refractivity contribution in [2.24, 2.45) is 0 Å². The van der Waals surface area contributed by atoms with Gasteiger partial charge in [0, 0.05) is 0 Å². The Morgan fingerprint density at radius 2 is 1.42 bits per heavy atom. The number of anilines is 1. The second kappa shape index (κ2) is 21.0. The van der Waals surface area contributed by atoms with Crippen molar-refractivity contribution in [1.82, 2.24) is 0 Å². The number of hydrogen-bond acceptors (Lipinski definition) is 13. The normalized spacial score (nSPS) is 27.5. The topological polar surface area (TPSA) is 156 Å². The molecule has 0 aromatic heterocycles. The van der Waals surface area contributed by atoms with Crippen molar-refractivity contribution in [2.75, 3.05) is 25.8 Å². The Balaban J connectivity index is 1.55. The molecule has 14 nitrogen and oxygen atoms in total. The summed E-state index contributed by atoms with van der Waals surface area (Å²) in [6.07, 6.45) is -6.22. The minimum absolute atomic E-state index is 0.158. The van der Waals surface area contributed by atoms with E-state index in [9.17, 15) is 14.4 Å². The number of benzene rings is 3. The van der Waals surface area contributed by atoms with Crippen LogP contribution in [0.15, 0.2) is 91.0 Å². The Kier molecular flexibility index (Phi) is 15.9. The van der Waals surface area contributed by atoms with Gasteiger partial charge < -0.3 is 0 Å².